The molecule has 2 aromatic carbocycles. The summed E-state index contributed by atoms with van der Waals surface area (Å²) in [5.41, 5.74) is 1.38. The van der Waals surface area contributed by atoms with Crippen molar-refractivity contribution in [2.24, 2.45) is 5.92 Å². The molecule has 130 valence electrons. The molecule has 0 bridgehead atoms. The van der Waals surface area contributed by atoms with Crippen molar-refractivity contribution in [1.82, 2.24) is 9.80 Å². The van der Waals surface area contributed by atoms with Gasteiger partial charge in [-0.2, -0.15) is 0 Å². The Balaban J connectivity index is 1.34. The van der Waals surface area contributed by atoms with Gasteiger partial charge in [0.25, 0.3) is 0 Å². The number of allylic oxidation sites excluding steroid dienone is 2. The van der Waals surface area contributed by atoms with E-state index in [4.69, 9.17) is 0 Å². The molecule has 25 heavy (non-hydrogen) atoms. The first-order chi connectivity index (χ1) is 12.3. The first kappa shape index (κ1) is 16.3. The largest absolute Gasteiger partial charge is 0.340 e. The van der Waals surface area contributed by atoms with Gasteiger partial charge in [0, 0.05) is 39.1 Å². The third kappa shape index (κ3) is 3.77. The summed E-state index contributed by atoms with van der Waals surface area (Å²) in [6.07, 6.45) is 7.40. The SMILES string of the molecule is O=C(C[C@@H]1C=CCC1)N1CCN(Cc2cccc3ccccc23)CC1. The number of hydrogen-bond donors (Lipinski definition) is 0. The molecular formula is C22H26N2O. The van der Waals surface area contributed by atoms with Crippen molar-refractivity contribution in [2.45, 2.75) is 25.8 Å². The summed E-state index contributed by atoms with van der Waals surface area (Å²) in [5, 5.41) is 2.65. The van der Waals surface area contributed by atoms with Crippen LogP contribution >= 0.6 is 0 Å². The lowest BCUT2D eigenvalue weighted by atomic mass is 10.0. The molecule has 0 spiro atoms. The van der Waals surface area contributed by atoms with Crippen LogP contribution < -0.4 is 0 Å². The van der Waals surface area contributed by atoms with E-state index in [1.807, 2.05) is 0 Å². The molecule has 0 unspecified atom stereocenters. The van der Waals surface area contributed by atoms with Gasteiger partial charge in [-0.25, -0.2) is 0 Å². The standard InChI is InChI=1S/C22H26N2O/c25-22(16-18-6-1-2-7-18)24-14-12-23(13-15-24)17-20-10-5-9-19-8-3-4-11-21(19)20/h1,3-6,8-11,18H,2,7,12-17H2/t18-/m1/s1. The second kappa shape index (κ2) is 7.40. The average molecular weight is 334 g/mol. The molecule has 2 aliphatic rings. The predicted octanol–water partition coefficient (Wildman–Crippen LogP) is 3.84. The first-order valence-corrected chi connectivity index (χ1v) is 9.43. The van der Waals surface area contributed by atoms with Crippen LogP contribution in [0.15, 0.2) is 54.6 Å². The van der Waals surface area contributed by atoms with Crippen molar-refractivity contribution < 1.29 is 4.79 Å². The zero-order valence-corrected chi connectivity index (χ0v) is 14.7. The van der Waals surface area contributed by atoms with Gasteiger partial charge in [0.1, 0.15) is 0 Å². The van der Waals surface area contributed by atoms with Gasteiger partial charge >= 0.3 is 0 Å². The maximum atomic E-state index is 12.5. The molecule has 4 rings (SSSR count). The molecule has 3 heteroatoms. The fourth-order valence-electron chi connectivity index (χ4n) is 4.05. The van der Waals surface area contributed by atoms with E-state index in [0.717, 1.165) is 45.6 Å². The molecule has 1 heterocycles. The molecular weight excluding hydrogens is 308 g/mol. The molecule has 2 aromatic rings. The molecule has 0 saturated carbocycles. The molecule has 1 aliphatic carbocycles. The number of piperazine rings is 1. The predicted molar refractivity (Wildman–Crippen MR) is 102 cm³/mol. The Morgan fingerprint density at radius 2 is 1.80 bits per heavy atom. The summed E-state index contributed by atoms with van der Waals surface area (Å²) in [6.45, 7) is 4.62. The fourth-order valence-corrected chi connectivity index (χ4v) is 4.05. The Bertz CT molecular complexity index is 769. The third-order valence-electron chi connectivity index (χ3n) is 5.55. The number of fused-ring (bicyclic) bond motifs is 1. The molecule has 1 saturated heterocycles. The Kier molecular flexibility index (Phi) is 4.84. The number of amides is 1. The highest BCUT2D eigenvalue weighted by atomic mass is 16.2. The lowest BCUT2D eigenvalue weighted by Crippen LogP contribution is -2.48. The molecule has 0 radical (unpaired) electrons. The quantitative estimate of drug-likeness (QED) is 0.793. The zero-order chi connectivity index (χ0) is 17.1. The van der Waals surface area contributed by atoms with Crippen molar-refractivity contribution in [1.29, 1.82) is 0 Å². The maximum absolute atomic E-state index is 12.5. The van der Waals surface area contributed by atoms with Crippen molar-refractivity contribution in [3.8, 4) is 0 Å². The molecule has 1 aliphatic heterocycles. The minimum Gasteiger partial charge on any atom is -0.340 e. The number of rotatable bonds is 4. The average Bonchev–Trinajstić information content (AvgIpc) is 3.16. The summed E-state index contributed by atoms with van der Waals surface area (Å²) < 4.78 is 0. The summed E-state index contributed by atoms with van der Waals surface area (Å²) >= 11 is 0. The van der Waals surface area contributed by atoms with Gasteiger partial charge in [0.2, 0.25) is 5.91 Å². The minimum atomic E-state index is 0.335. The fraction of sp³-hybridized carbons (Fsp3) is 0.409. The van der Waals surface area contributed by atoms with Crippen LogP contribution in [0.4, 0.5) is 0 Å². The van der Waals surface area contributed by atoms with E-state index in [9.17, 15) is 4.79 Å². The van der Waals surface area contributed by atoms with Crippen LogP contribution in [0.1, 0.15) is 24.8 Å². The van der Waals surface area contributed by atoms with E-state index in [1.165, 1.54) is 16.3 Å². The van der Waals surface area contributed by atoms with E-state index in [-0.39, 0.29) is 0 Å². The van der Waals surface area contributed by atoms with Gasteiger partial charge in [-0.1, -0.05) is 54.6 Å². The second-order valence-electron chi connectivity index (χ2n) is 7.26. The zero-order valence-electron chi connectivity index (χ0n) is 14.7. The topological polar surface area (TPSA) is 23.6 Å². The summed E-state index contributed by atoms with van der Waals surface area (Å²) in [4.78, 5) is 17.0. The third-order valence-corrected chi connectivity index (χ3v) is 5.55. The monoisotopic (exact) mass is 334 g/mol. The van der Waals surface area contributed by atoms with Crippen molar-refractivity contribution >= 4 is 16.7 Å². The second-order valence-corrected chi connectivity index (χ2v) is 7.26. The Labute approximate surface area is 149 Å². The van der Waals surface area contributed by atoms with Crippen molar-refractivity contribution in [3.63, 3.8) is 0 Å². The van der Waals surface area contributed by atoms with Gasteiger partial charge in [-0.15, -0.1) is 0 Å². The van der Waals surface area contributed by atoms with E-state index in [0.29, 0.717) is 18.2 Å². The maximum Gasteiger partial charge on any atom is 0.223 e. The van der Waals surface area contributed by atoms with Gasteiger partial charge in [0.05, 0.1) is 0 Å². The molecule has 0 aromatic heterocycles. The summed E-state index contributed by atoms with van der Waals surface area (Å²) in [7, 11) is 0. The van der Waals surface area contributed by atoms with E-state index < -0.39 is 0 Å². The normalized spacial score (nSPS) is 21.1. The lowest BCUT2D eigenvalue weighted by molar-refractivity contribution is -0.133. The smallest absolute Gasteiger partial charge is 0.223 e. The molecule has 3 nitrogen and oxygen atoms in total. The van der Waals surface area contributed by atoms with Crippen LogP contribution in [0, 0.1) is 5.92 Å². The van der Waals surface area contributed by atoms with Gasteiger partial charge in [0.15, 0.2) is 0 Å². The van der Waals surface area contributed by atoms with Gasteiger partial charge in [-0.3, -0.25) is 9.69 Å². The Morgan fingerprint density at radius 3 is 2.60 bits per heavy atom. The molecule has 1 fully saturated rings. The highest BCUT2D eigenvalue weighted by Gasteiger charge is 2.23. The van der Waals surface area contributed by atoms with Crippen LogP contribution in [-0.2, 0) is 11.3 Å². The molecule has 1 atom stereocenters. The summed E-state index contributed by atoms with van der Waals surface area (Å²) in [5.74, 6) is 0.808. The highest BCUT2D eigenvalue weighted by Crippen LogP contribution is 2.23. The van der Waals surface area contributed by atoms with Crippen molar-refractivity contribution in [3.05, 3.63) is 60.2 Å². The van der Waals surface area contributed by atoms with Gasteiger partial charge in [-0.05, 0) is 35.1 Å². The van der Waals surface area contributed by atoms with Crippen molar-refractivity contribution in [2.75, 3.05) is 26.2 Å². The van der Waals surface area contributed by atoms with E-state index in [1.54, 1.807) is 0 Å². The Morgan fingerprint density at radius 1 is 1.00 bits per heavy atom. The van der Waals surface area contributed by atoms with E-state index >= 15 is 0 Å². The van der Waals surface area contributed by atoms with Crippen LogP contribution in [0.3, 0.4) is 0 Å². The number of hydrogen-bond acceptors (Lipinski definition) is 2. The Hall–Kier alpha value is -2.13. The number of nitrogens with zero attached hydrogens (tertiary/aromatic N) is 2. The highest BCUT2D eigenvalue weighted by molar-refractivity contribution is 5.85. The number of carbonyl (C=O) groups is 1. The van der Waals surface area contributed by atoms with Gasteiger partial charge < -0.3 is 4.90 Å². The summed E-state index contributed by atoms with van der Waals surface area (Å²) in [6, 6.07) is 15.1. The molecule has 1 amide bonds. The lowest BCUT2D eigenvalue weighted by Gasteiger charge is -2.35. The van der Waals surface area contributed by atoms with Crippen LogP contribution in [-0.4, -0.2) is 41.9 Å². The van der Waals surface area contributed by atoms with E-state index in [2.05, 4.69) is 64.4 Å². The molecule has 0 N–H and O–H groups in total. The minimum absolute atomic E-state index is 0.335. The first-order valence-electron chi connectivity index (χ1n) is 9.43. The number of benzene rings is 2. The number of carbonyl (C=O) groups excluding carboxylic acids is 1. The van der Waals surface area contributed by atoms with Crippen LogP contribution in [0.2, 0.25) is 0 Å². The van der Waals surface area contributed by atoms with Crippen LogP contribution in [0.5, 0.6) is 0 Å². The van der Waals surface area contributed by atoms with Crippen LogP contribution in [0.25, 0.3) is 10.8 Å².